The highest BCUT2D eigenvalue weighted by molar-refractivity contribution is 7.93. The van der Waals surface area contributed by atoms with E-state index in [0.717, 1.165) is 0 Å². The molecule has 2 aliphatic rings. The minimum absolute atomic E-state index is 0.117. The van der Waals surface area contributed by atoms with Gasteiger partial charge in [0.2, 0.25) is 16.8 Å². The van der Waals surface area contributed by atoms with Gasteiger partial charge in [0.1, 0.15) is 5.75 Å². The van der Waals surface area contributed by atoms with Crippen molar-refractivity contribution in [1.82, 2.24) is 0 Å². The summed E-state index contributed by atoms with van der Waals surface area (Å²) in [6.45, 7) is 0.561. The highest BCUT2D eigenvalue weighted by Crippen LogP contribution is 2.35. The number of hydrogen-bond acceptors (Lipinski definition) is 6. The Hall–Kier alpha value is -3.14. The molecule has 2 heterocycles. The van der Waals surface area contributed by atoms with Crippen molar-refractivity contribution in [2.45, 2.75) is 6.42 Å². The van der Waals surface area contributed by atoms with Crippen molar-refractivity contribution in [2.24, 2.45) is 0 Å². The Bertz CT molecular complexity index is 1020. The van der Waals surface area contributed by atoms with Gasteiger partial charge >= 0.3 is 6.03 Å². The van der Waals surface area contributed by atoms with Crippen molar-refractivity contribution in [2.75, 3.05) is 41.1 Å². The van der Waals surface area contributed by atoms with Crippen LogP contribution in [0.15, 0.2) is 36.4 Å². The van der Waals surface area contributed by atoms with Gasteiger partial charge in [0.25, 0.3) is 0 Å². The molecule has 0 aromatic heterocycles. The van der Waals surface area contributed by atoms with Crippen LogP contribution in [0.25, 0.3) is 0 Å². The molecule has 2 aromatic carbocycles. The second-order valence-electron chi connectivity index (χ2n) is 6.27. The van der Waals surface area contributed by atoms with Crippen molar-refractivity contribution in [1.29, 1.82) is 0 Å². The predicted molar refractivity (Wildman–Crippen MR) is 104 cm³/mol. The van der Waals surface area contributed by atoms with E-state index in [9.17, 15) is 13.2 Å². The average Bonchev–Trinajstić information content (AvgIpc) is 3.26. The minimum Gasteiger partial charge on any atom is -0.495 e. The van der Waals surface area contributed by atoms with E-state index in [1.165, 1.54) is 11.4 Å². The Morgan fingerprint density at radius 1 is 1.11 bits per heavy atom. The molecular weight excluding hydrogens is 386 g/mol. The van der Waals surface area contributed by atoms with Gasteiger partial charge in [0, 0.05) is 18.3 Å². The van der Waals surface area contributed by atoms with Crippen LogP contribution in [0.3, 0.4) is 0 Å². The van der Waals surface area contributed by atoms with Crippen molar-refractivity contribution < 1.29 is 27.4 Å². The van der Waals surface area contributed by atoms with Gasteiger partial charge in [0.15, 0.2) is 11.5 Å². The van der Waals surface area contributed by atoms with Gasteiger partial charge < -0.3 is 24.8 Å². The lowest BCUT2D eigenvalue weighted by Gasteiger charge is -2.19. The molecule has 0 spiro atoms. The molecule has 2 N–H and O–H groups in total. The molecule has 148 valence electrons. The molecule has 10 heteroatoms. The predicted octanol–water partition coefficient (Wildman–Crippen LogP) is 2.61. The zero-order chi connectivity index (χ0) is 19.7. The number of urea groups is 1. The highest BCUT2D eigenvalue weighted by atomic mass is 32.2. The molecule has 9 nitrogen and oxygen atoms in total. The number of benzene rings is 2. The summed E-state index contributed by atoms with van der Waals surface area (Å²) in [5.41, 5.74) is 1.37. The van der Waals surface area contributed by atoms with Crippen molar-refractivity contribution in [3.8, 4) is 17.2 Å². The fourth-order valence-electron chi connectivity index (χ4n) is 3.14. The number of anilines is 3. The zero-order valence-corrected chi connectivity index (χ0v) is 15.9. The van der Waals surface area contributed by atoms with Gasteiger partial charge in [-0.25, -0.2) is 13.2 Å². The first kappa shape index (κ1) is 18.2. The third-order valence-electron chi connectivity index (χ3n) is 4.45. The fraction of sp³-hybridized carbons (Fsp3) is 0.278. The number of fused-ring (bicyclic) bond motifs is 1. The van der Waals surface area contributed by atoms with Gasteiger partial charge in [-0.05, 0) is 36.8 Å². The lowest BCUT2D eigenvalue weighted by molar-refractivity contribution is 0.174. The van der Waals surface area contributed by atoms with Crippen LogP contribution < -0.4 is 29.1 Å². The normalized spacial score (nSPS) is 16.7. The number of sulfonamides is 1. The lowest BCUT2D eigenvalue weighted by atomic mass is 10.2. The number of amides is 2. The van der Waals surface area contributed by atoms with E-state index < -0.39 is 16.1 Å². The van der Waals surface area contributed by atoms with Crippen molar-refractivity contribution in [3.63, 3.8) is 0 Å². The number of carbonyl (C=O) groups is 1. The Morgan fingerprint density at radius 2 is 1.93 bits per heavy atom. The Labute approximate surface area is 162 Å². The van der Waals surface area contributed by atoms with Gasteiger partial charge in [0.05, 0.1) is 24.2 Å². The summed E-state index contributed by atoms with van der Waals surface area (Å²) in [6.07, 6.45) is 0.571. The molecule has 2 aromatic rings. The van der Waals surface area contributed by atoms with E-state index in [1.54, 1.807) is 36.4 Å². The molecule has 1 saturated heterocycles. The number of hydrogen-bond donors (Lipinski definition) is 2. The fourth-order valence-corrected chi connectivity index (χ4v) is 4.69. The summed E-state index contributed by atoms with van der Waals surface area (Å²) in [6, 6.07) is 9.42. The third-order valence-corrected chi connectivity index (χ3v) is 6.32. The standard InChI is InChI=1S/C18H19N3O6S/c1-25-15-6-4-13(21-7-2-8-28(21,23)24)10-14(15)20-18(22)19-12-3-5-16-17(9-12)27-11-26-16/h3-6,9-10H,2,7-8,11H2,1H3,(H2,19,20,22). The van der Waals surface area contributed by atoms with E-state index in [-0.39, 0.29) is 12.5 Å². The molecule has 0 aliphatic carbocycles. The number of methoxy groups -OCH3 is 1. The zero-order valence-electron chi connectivity index (χ0n) is 15.1. The van der Waals surface area contributed by atoms with Gasteiger partial charge in [-0.2, -0.15) is 0 Å². The molecule has 2 aliphatic heterocycles. The first-order valence-electron chi connectivity index (χ1n) is 8.62. The highest BCUT2D eigenvalue weighted by Gasteiger charge is 2.29. The molecule has 28 heavy (non-hydrogen) atoms. The summed E-state index contributed by atoms with van der Waals surface area (Å²) in [7, 11) is -1.85. The molecule has 0 atom stereocenters. The van der Waals surface area contributed by atoms with Crippen LogP contribution in [-0.4, -0.2) is 40.6 Å². The van der Waals surface area contributed by atoms with Crippen LogP contribution in [0.2, 0.25) is 0 Å². The Kier molecular flexibility index (Phi) is 4.63. The second-order valence-corrected chi connectivity index (χ2v) is 8.29. The Morgan fingerprint density at radius 3 is 2.68 bits per heavy atom. The summed E-state index contributed by atoms with van der Waals surface area (Å²) in [5.74, 6) is 1.71. The SMILES string of the molecule is COc1ccc(N2CCCS2(=O)=O)cc1NC(=O)Nc1ccc2c(c1)OCO2. The van der Waals surface area contributed by atoms with Crippen molar-refractivity contribution in [3.05, 3.63) is 36.4 Å². The molecule has 2 amide bonds. The maximum Gasteiger partial charge on any atom is 0.323 e. The maximum atomic E-state index is 12.4. The van der Waals surface area contributed by atoms with E-state index >= 15 is 0 Å². The molecule has 4 rings (SSSR count). The molecular formula is C18H19N3O6S. The minimum atomic E-state index is -3.32. The number of ether oxygens (including phenoxy) is 3. The van der Waals surface area contributed by atoms with E-state index in [0.29, 0.717) is 47.3 Å². The second kappa shape index (κ2) is 7.12. The van der Waals surface area contributed by atoms with Crippen LogP contribution in [0.1, 0.15) is 6.42 Å². The number of nitrogens with one attached hydrogen (secondary N) is 2. The smallest absolute Gasteiger partial charge is 0.323 e. The maximum absolute atomic E-state index is 12.4. The average molecular weight is 405 g/mol. The summed E-state index contributed by atoms with van der Waals surface area (Å²) >= 11 is 0. The quantitative estimate of drug-likeness (QED) is 0.810. The molecule has 0 radical (unpaired) electrons. The number of carbonyl (C=O) groups excluding carboxylic acids is 1. The number of nitrogens with zero attached hydrogens (tertiary/aromatic N) is 1. The molecule has 0 saturated carbocycles. The third kappa shape index (κ3) is 3.50. The monoisotopic (exact) mass is 405 g/mol. The van der Waals surface area contributed by atoms with E-state index in [2.05, 4.69) is 10.6 Å². The summed E-state index contributed by atoms with van der Waals surface area (Å²) in [4.78, 5) is 12.4. The van der Waals surface area contributed by atoms with E-state index in [4.69, 9.17) is 14.2 Å². The van der Waals surface area contributed by atoms with Gasteiger partial charge in [-0.15, -0.1) is 0 Å². The van der Waals surface area contributed by atoms with Gasteiger partial charge in [-0.1, -0.05) is 0 Å². The van der Waals surface area contributed by atoms with Crippen molar-refractivity contribution >= 4 is 33.1 Å². The summed E-state index contributed by atoms with van der Waals surface area (Å²) in [5, 5.41) is 5.40. The van der Waals surface area contributed by atoms with Crippen LogP contribution in [-0.2, 0) is 10.0 Å². The molecule has 1 fully saturated rings. The molecule has 0 bridgehead atoms. The number of rotatable bonds is 4. The van der Waals surface area contributed by atoms with Gasteiger partial charge in [-0.3, -0.25) is 4.31 Å². The Balaban J connectivity index is 1.53. The largest absolute Gasteiger partial charge is 0.495 e. The molecule has 0 unspecified atom stereocenters. The van der Waals surface area contributed by atoms with Crippen LogP contribution in [0, 0.1) is 0 Å². The first-order valence-corrected chi connectivity index (χ1v) is 10.2. The topological polar surface area (TPSA) is 106 Å². The van der Waals surface area contributed by atoms with Crippen LogP contribution in [0.5, 0.6) is 17.2 Å². The van der Waals surface area contributed by atoms with Crippen LogP contribution >= 0.6 is 0 Å². The first-order chi connectivity index (χ1) is 13.5. The summed E-state index contributed by atoms with van der Waals surface area (Å²) < 4.78 is 41.5. The van der Waals surface area contributed by atoms with Crippen LogP contribution in [0.4, 0.5) is 21.9 Å². The lowest BCUT2D eigenvalue weighted by Crippen LogP contribution is -2.25. The van der Waals surface area contributed by atoms with E-state index in [1.807, 2.05) is 0 Å².